The molecular weight excluding hydrogens is 391 g/mol. The third-order valence-electron chi connectivity index (χ3n) is 4.20. The summed E-state index contributed by atoms with van der Waals surface area (Å²) in [4.78, 5) is 16.5. The van der Waals surface area contributed by atoms with Gasteiger partial charge in [-0.3, -0.25) is 9.78 Å². The molecule has 0 spiro atoms. The van der Waals surface area contributed by atoms with Crippen LogP contribution in [0.3, 0.4) is 0 Å². The molecule has 6 nitrogen and oxygen atoms in total. The molecule has 3 rings (SSSR count). The Morgan fingerprint density at radius 2 is 2.07 bits per heavy atom. The molecule has 1 aliphatic rings. The Balaban J connectivity index is 1.74. The molecule has 27 heavy (non-hydrogen) atoms. The molecular formula is C19H20Cl2N2O4. The third kappa shape index (κ3) is 5.11. The number of nitrogens with one attached hydrogen (secondary N) is 1. The number of halogens is 2. The van der Waals surface area contributed by atoms with Crippen molar-refractivity contribution in [1.29, 1.82) is 0 Å². The zero-order valence-electron chi connectivity index (χ0n) is 14.8. The molecule has 144 valence electrons. The molecule has 1 N–H and O–H groups in total. The van der Waals surface area contributed by atoms with Gasteiger partial charge in [-0.15, -0.1) is 0 Å². The van der Waals surface area contributed by atoms with E-state index in [0.717, 1.165) is 24.8 Å². The van der Waals surface area contributed by atoms with Gasteiger partial charge in [0, 0.05) is 30.1 Å². The highest BCUT2D eigenvalue weighted by molar-refractivity contribution is 6.39. The standard InChI is InChI=1S/C19H20Cl2N2O4/c1-25-16-6-5-12(8-13(16)11-27-17-4-2-3-7-26-17)19(24)23-18-14(20)9-22-10-15(18)21/h5-6,8-10,17H,2-4,7,11H2,1H3,(H,22,23,24). The van der Waals surface area contributed by atoms with Crippen LogP contribution in [0.4, 0.5) is 5.69 Å². The highest BCUT2D eigenvalue weighted by Crippen LogP contribution is 2.30. The monoisotopic (exact) mass is 410 g/mol. The molecule has 2 aromatic rings. The Morgan fingerprint density at radius 1 is 1.30 bits per heavy atom. The van der Waals surface area contributed by atoms with Crippen molar-refractivity contribution in [2.24, 2.45) is 0 Å². The number of ether oxygens (including phenoxy) is 3. The van der Waals surface area contributed by atoms with Gasteiger partial charge >= 0.3 is 0 Å². The van der Waals surface area contributed by atoms with Crippen LogP contribution < -0.4 is 10.1 Å². The Hall–Kier alpha value is -1.86. The zero-order valence-corrected chi connectivity index (χ0v) is 16.3. The second-order valence-electron chi connectivity index (χ2n) is 6.07. The number of rotatable bonds is 6. The van der Waals surface area contributed by atoms with Gasteiger partial charge in [0.15, 0.2) is 6.29 Å². The molecule has 1 aliphatic heterocycles. The van der Waals surface area contributed by atoms with Gasteiger partial charge in [0.2, 0.25) is 0 Å². The van der Waals surface area contributed by atoms with E-state index in [1.54, 1.807) is 25.3 Å². The molecule has 0 saturated carbocycles. The minimum absolute atomic E-state index is 0.227. The number of anilines is 1. The lowest BCUT2D eigenvalue weighted by molar-refractivity contribution is -0.169. The maximum absolute atomic E-state index is 12.6. The number of nitrogens with zero attached hydrogens (tertiary/aromatic N) is 1. The molecule has 0 aliphatic carbocycles. The predicted molar refractivity (Wildman–Crippen MR) is 104 cm³/mol. The molecule has 1 saturated heterocycles. The molecule has 0 radical (unpaired) electrons. The maximum Gasteiger partial charge on any atom is 0.255 e. The van der Waals surface area contributed by atoms with Crippen LogP contribution in [0.15, 0.2) is 30.6 Å². The summed E-state index contributed by atoms with van der Waals surface area (Å²) in [5, 5.41) is 3.25. The van der Waals surface area contributed by atoms with Crippen molar-refractivity contribution < 1.29 is 19.0 Å². The smallest absolute Gasteiger partial charge is 0.255 e. The first-order chi connectivity index (χ1) is 13.1. The number of pyridine rings is 1. The number of carbonyl (C=O) groups is 1. The van der Waals surface area contributed by atoms with Crippen molar-refractivity contribution in [3.63, 3.8) is 0 Å². The molecule has 1 amide bonds. The first kappa shape index (κ1) is 19.9. The van der Waals surface area contributed by atoms with Crippen LogP contribution in [-0.2, 0) is 16.1 Å². The summed E-state index contributed by atoms with van der Waals surface area (Å²) in [6, 6.07) is 5.11. The van der Waals surface area contributed by atoms with Crippen LogP contribution in [0.25, 0.3) is 0 Å². The van der Waals surface area contributed by atoms with Crippen molar-refractivity contribution >= 4 is 34.8 Å². The highest BCUT2D eigenvalue weighted by Gasteiger charge is 2.17. The molecule has 2 heterocycles. The van der Waals surface area contributed by atoms with E-state index in [2.05, 4.69) is 10.3 Å². The largest absolute Gasteiger partial charge is 0.496 e. The van der Waals surface area contributed by atoms with Gasteiger partial charge in [0.05, 0.1) is 29.4 Å². The van der Waals surface area contributed by atoms with Crippen LogP contribution in [0.5, 0.6) is 5.75 Å². The van der Waals surface area contributed by atoms with Crippen LogP contribution in [0.1, 0.15) is 35.2 Å². The fourth-order valence-electron chi connectivity index (χ4n) is 2.77. The summed E-state index contributed by atoms with van der Waals surface area (Å²) in [5.41, 5.74) is 1.51. The molecule has 8 heteroatoms. The number of amides is 1. The number of hydrogen-bond acceptors (Lipinski definition) is 5. The van der Waals surface area contributed by atoms with Gasteiger partial charge in [-0.05, 0) is 37.5 Å². The maximum atomic E-state index is 12.6. The van der Waals surface area contributed by atoms with Gasteiger partial charge in [-0.1, -0.05) is 23.2 Å². The molecule has 0 bridgehead atoms. The summed E-state index contributed by atoms with van der Waals surface area (Å²) in [7, 11) is 1.58. The van der Waals surface area contributed by atoms with Gasteiger partial charge in [0.1, 0.15) is 5.75 Å². The summed E-state index contributed by atoms with van der Waals surface area (Å²) in [6.45, 7) is 0.990. The van der Waals surface area contributed by atoms with Gasteiger partial charge < -0.3 is 19.5 Å². The normalized spacial score (nSPS) is 16.8. The minimum Gasteiger partial charge on any atom is -0.496 e. The topological polar surface area (TPSA) is 69.7 Å². The minimum atomic E-state index is -0.345. The first-order valence-corrected chi connectivity index (χ1v) is 9.34. The Bertz CT molecular complexity index is 790. The predicted octanol–water partition coefficient (Wildman–Crippen LogP) is 4.69. The average molecular weight is 411 g/mol. The van der Waals surface area contributed by atoms with Crippen molar-refractivity contribution in [3.05, 3.63) is 51.8 Å². The van der Waals surface area contributed by atoms with Crippen LogP contribution >= 0.6 is 23.2 Å². The second kappa shape index (κ2) is 9.37. The number of aromatic nitrogens is 1. The van der Waals surface area contributed by atoms with E-state index in [1.165, 1.54) is 12.4 Å². The molecule has 1 aromatic heterocycles. The van der Waals surface area contributed by atoms with Crippen molar-refractivity contribution in [3.8, 4) is 5.75 Å². The van der Waals surface area contributed by atoms with Crippen molar-refractivity contribution in [2.75, 3.05) is 19.0 Å². The Morgan fingerprint density at radius 3 is 2.74 bits per heavy atom. The van der Waals surface area contributed by atoms with Crippen LogP contribution in [0, 0.1) is 0 Å². The van der Waals surface area contributed by atoms with E-state index in [1.807, 2.05) is 0 Å². The summed E-state index contributed by atoms with van der Waals surface area (Å²) in [5.74, 6) is 0.296. The summed E-state index contributed by atoms with van der Waals surface area (Å²) < 4.78 is 16.8. The number of benzene rings is 1. The van der Waals surface area contributed by atoms with E-state index >= 15 is 0 Å². The van der Waals surface area contributed by atoms with E-state index in [-0.39, 0.29) is 28.8 Å². The fourth-order valence-corrected chi connectivity index (χ4v) is 3.23. The summed E-state index contributed by atoms with van der Waals surface area (Å²) in [6.07, 6.45) is 5.61. The third-order valence-corrected chi connectivity index (χ3v) is 4.77. The zero-order chi connectivity index (χ0) is 19.2. The van der Waals surface area contributed by atoms with E-state index in [0.29, 0.717) is 23.6 Å². The van der Waals surface area contributed by atoms with Crippen LogP contribution in [-0.4, -0.2) is 30.9 Å². The summed E-state index contributed by atoms with van der Waals surface area (Å²) >= 11 is 12.1. The SMILES string of the molecule is COc1ccc(C(=O)Nc2c(Cl)cncc2Cl)cc1COC1CCCCO1. The van der Waals surface area contributed by atoms with Crippen molar-refractivity contribution in [1.82, 2.24) is 4.98 Å². The van der Waals surface area contributed by atoms with Crippen molar-refractivity contribution in [2.45, 2.75) is 32.2 Å². The fraction of sp³-hybridized carbons (Fsp3) is 0.368. The lowest BCUT2D eigenvalue weighted by atomic mass is 10.1. The lowest BCUT2D eigenvalue weighted by Gasteiger charge is -2.23. The second-order valence-corrected chi connectivity index (χ2v) is 6.88. The lowest BCUT2D eigenvalue weighted by Crippen LogP contribution is -2.22. The number of carbonyl (C=O) groups excluding carboxylic acids is 1. The Kier molecular flexibility index (Phi) is 6.90. The van der Waals surface area contributed by atoms with Gasteiger partial charge in [-0.25, -0.2) is 0 Å². The van der Waals surface area contributed by atoms with E-state index in [9.17, 15) is 4.79 Å². The highest BCUT2D eigenvalue weighted by atomic mass is 35.5. The van der Waals surface area contributed by atoms with Crippen LogP contribution in [0.2, 0.25) is 10.0 Å². The molecule has 1 atom stereocenters. The van der Waals surface area contributed by atoms with E-state index < -0.39 is 0 Å². The molecule has 1 fully saturated rings. The van der Waals surface area contributed by atoms with Gasteiger partial charge in [0.25, 0.3) is 5.91 Å². The average Bonchev–Trinajstić information content (AvgIpc) is 2.69. The Labute approximate surface area is 167 Å². The molecule has 1 unspecified atom stereocenters. The van der Waals surface area contributed by atoms with E-state index in [4.69, 9.17) is 37.4 Å². The quantitative estimate of drug-likeness (QED) is 0.747. The van der Waals surface area contributed by atoms with Gasteiger partial charge in [-0.2, -0.15) is 0 Å². The number of methoxy groups -OCH3 is 1. The number of hydrogen-bond donors (Lipinski definition) is 1. The first-order valence-electron chi connectivity index (χ1n) is 8.59. The molecule has 1 aromatic carbocycles.